The Morgan fingerprint density at radius 3 is 2.79 bits per heavy atom. The van der Waals surface area contributed by atoms with Crippen molar-refractivity contribution in [3.05, 3.63) is 36.7 Å². The number of aromatic nitrogens is 4. The van der Waals surface area contributed by atoms with Crippen LogP contribution in [0.25, 0.3) is 11.2 Å². The molecule has 4 rings (SSSR count). The number of carboxylic acids is 1. The van der Waals surface area contributed by atoms with Gasteiger partial charge in [0.2, 0.25) is 11.8 Å². The topological polar surface area (TPSA) is 184 Å². The Morgan fingerprint density at radius 1 is 1.39 bits per heavy atom. The van der Waals surface area contributed by atoms with Crippen LogP contribution in [0.3, 0.4) is 0 Å². The van der Waals surface area contributed by atoms with Gasteiger partial charge in [-0.1, -0.05) is 24.1 Å². The lowest BCUT2D eigenvalue weighted by atomic mass is 9.86. The lowest BCUT2D eigenvalue weighted by molar-refractivity contribution is -0.138. The number of hydrogen-bond donors (Lipinski definition) is 4. The van der Waals surface area contributed by atoms with Gasteiger partial charge in [0, 0.05) is 6.04 Å². The van der Waals surface area contributed by atoms with Crippen molar-refractivity contribution >= 4 is 30.8 Å². The summed E-state index contributed by atoms with van der Waals surface area (Å²) in [4.78, 5) is 24.2. The first-order chi connectivity index (χ1) is 18.1. The number of carbonyl (C=O) groups is 1. The van der Waals surface area contributed by atoms with E-state index in [1.165, 1.54) is 6.92 Å². The predicted molar refractivity (Wildman–Crippen MR) is 137 cm³/mol. The van der Waals surface area contributed by atoms with Crippen molar-refractivity contribution < 1.29 is 33.4 Å². The van der Waals surface area contributed by atoms with Gasteiger partial charge in [0.1, 0.15) is 11.8 Å². The largest absolute Gasteiger partial charge is 0.480 e. The highest BCUT2D eigenvalue weighted by molar-refractivity contribution is 7.52. The van der Waals surface area contributed by atoms with Crippen LogP contribution in [0.1, 0.15) is 32.7 Å². The molecule has 1 saturated carbocycles. The van der Waals surface area contributed by atoms with E-state index < -0.39 is 31.3 Å². The first-order valence-corrected chi connectivity index (χ1v) is 13.4. The third kappa shape index (κ3) is 5.58. The highest BCUT2D eigenvalue weighted by Crippen LogP contribution is 2.51. The Labute approximate surface area is 218 Å². The zero-order chi connectivity index (χ0) is 27.5. The molecule has 202 valence electrons. The number of nitrogen functional groups attached to an aromatic ring is 1. The van der Waals surface area contributed by atoms with Crippen molar-refractivity contribution in [3.63, 3.8) is 0 Å². The van der Waals surface area contributed by atoms with Gasteiger partial charge in [-0.3, -0.25) is 9.32 Å². The number of aliphatic hydroxyl groups is 1. The smallest absolute Gasteiger partial charge is 0.459 e. The summed E-state index contributed by atoms with van der Waals surface area (Å²) in [5, 5.41) is 22.8. The molecule has 5 atom stereocenters. The molecule has 0 amide bonds. The lowest BCUT2D eigenvalue weighted by Crippen LogP contribution is -2.37. The number of carboxylic acid groups (broad SMARTS) is 1. The van der Waals surface area contributed by atoms with Crippen LogP contribution in [-0.4, -0.2) is 61.1 Å². The van der Waals surface area contributed by atoms with Crippen molar-refractivity contribution in [2.24, 2.45) is 5.41 Å². The van der Waals surface area contributed by atoms with Crippen LogP contribution in [0.15, 0.2) is 36.7 Å². The summed E-state index contributed by atoms with van der Waals surface area (Å²) < 4.78 is 32.1. The maximum absolute atomic E-state index is 13.6. The average molecular weight is 545 g/mol. The second kappa shape index (κ2) is 11.0. The number of para-hydroxylation sites is 1. The van der Waals surface area contributed by atoms with E-state index in [1.807, 2.05) is 6.92 Å². The average Bonchev–Trinajstić information content (AvgIpc) is 3.44. The van der Waals surface area contributed by atoms with Gasteiger partial charge in [-0.15, -0.1) is 6.42 Å². The molecule has 3 aromatic rings. The molecule has 0 spiro atoms. The fraction of sp³-hybridized carbons (Fsp3) is 0.417. The van der Waals surface area contributed by atoms with E-state index in [2.05, 4.69) is 26.0 Å². The van der Waals surface area contributed by atoms with Gasteiger partial charge < -0.3 is 29.8 Å². The van der Waals surface area contributed by atoms with E-state index in [0.29, 0.717) is 17.8 Å². The Balaban J connectivity index is 1.59. The van der Waals surface area contributed by atoms with Crippen LogP contribution in [0, 0.1) is 17.8 Å². The van der Waals surface area contributed by atoms with Crippen LogP contribution in [-0.2, 0) is 13.9 Å². The molecule has 38 heavy (non-hydrogen) atoms. The zero-order valence-electron chi connectivity index (χ0n) is 20.9. The molecule has 2 heterocycles. The number of anilines is 1. The Morgan fingerprint density at radius 2 is 2.13 bits per heavy atom. The number of imidazole rings is 1. The lowest BCUT2D eigenvalue weighted by Gasteiger charge is -2.29. The van der Waals surface area contributed by atoms with Crippen LogP contribution in [0.4, 0.5) is 5.95 Å². The van der Waals surface area contributed by atoms with Crippen LogP contribution in [0.2, 0.25) is 0 Å². The summed E-state index contributed by atoms with van der Waals surface area (Å²) in [6, 6.07) is 6.55. The van der Waals surface area contributed by atoms with E-state index in [1.54, 1.807) is 41.2 Å². The molecule has 0 saturated heterocycles. The van der Waals surface area contributed by atoms with Crippen LogP contribution < -0.4 is 20.1 Å². The van der Waals surface area contributed by atoms with Gasteiger partial charge in [-0.2, -0.15) is 15.1 Å². The number of ether oxygens (including phenoxy) is 1. The minimum absolute atomic E-state index is 0.00501. The minimum atomic E-state index is -4.24. The predicted octanol–water partition coefficient (Wildman–Crippen LogP) is 2.39. The van der Waals surface area contributed by atoms with Crippen molar-refractivity contribution in [1.29, 1.82) is 0 Å². The van der Waals surface area contributed by atoms with Crippen molar-refractivity contribution in [3.8, 4) is 24.0 Å². The number of nitrogens with one attached hydrogen (secondary N) is 1. The molecule has 0 unspecified atom stereocenters. The van der Waals surface area contributed by atoms with E-state index in [-0.39, 0.29) is 43.1 Å². The zero-order valence-corrected chi connectivity index (χ0v) is 21.7. The monoisotopic (exact) mass is 544 g/mol. The molecule has 1 aliphatic carbocycles. The molecule has 0 bridgehead atoms. The number of aliphatic carboxylic acids is 1. The number of terminal acetylenes is 1. The third-order valence-electron chi connectivity index (χ3n) is 6.28. The molecule has 5 N–H and O–H groups in total. The molecule has 2 aromatic heterocycles. The second-order valence-electron chi connectivity index (χ2n) is 8.92. The maximum Gasteiger partial charge on any atom is 0.459 e. The van der Waals surface area contributed by atoms with Crippen LogP contribution >= 0.6 is 7.75 Å². The number of hydrogen-bond acceptors (Lipinski definition) is 10. The molecule has 0 radical (unpaired) electrons. The van der Waals surface area contributed by atoms with Gasteiger partial charge in [-0.05, 0) is 38.8 Å². The summed E-state index contributed by atoms with van der Waals surface area (Å²) >= 11 is 0. The third-order valence-corrected chi connectivity index (χ3v) is 7.91. The fourth-order valence-corrected chi connectivity index (χ4v) is 5.87. The molecule has 0 aliphatic heterocycles. The summed E-state index contributed by atoms with van der Waals surface area (Å²) in [5.41, 5.74) is 5.43. The van der Waals surface area contributed by atoms with Gasteiger partial charge >= 0.3 is 13.7 Å². The van der Waals surface area contributed by atoms with E-state index in [0.717, 1.165) is 0 Å². The molecular formula is C24H29N6O7P. The SMILES string of the molecule is C#C[C@]1(CO[P@@](=O)(N[C@@H](C)C(=O)O)Oc2ccccc2)C[C@@H](n2cnc3c(OCC)nc(N)nc32)C[C@@H]1O. The first-order valence-electron chi connectivity index (χ1n) is 11.9. The van der Waals surface area contributed by atoms with Gasteiger partial charge in [0.15, 0.2) is 11.2 Å². The number of benzene rings is 1. The van der Waals surface area contributed by atoms with Crippen molar-refractivity contribution in [2.75, 3.05) is 18.9 Å². The normalized spacial score (nSPS) is 23.4. The van der Waals surface area contributed by atoms with Gasteiger partial charge in [0.25, 0.3) is 0 Å². The number of fused-ring (bicyclic) bond motifs is 1. The summed E-state index contributed by atoms with van der Waals surface area (Å²) in [7, 11) is -4.24. The molecule has 1 fully saturated rings. The first kappa shape index (κ1) is 27.3. The molecule has 14 heteroatoms. The van der Waals surface area contributed by atoms with Gasteiger partial charge in [0.05, 0.1) is 31.1 Å². The standard InChI is InChI=1S/C24H29N6O7P/c1-4-24(13-36-38(34,29-15(3)22(32)33)37-17-9-7-6-8-10-17)12-16(11-18(24)31)30-14-26-19-20(30)27-23(25)28-21(19)35-5-2/h1,6-10,14-16,18,31H,5,11-13H2,2-3H3,(H,29,34)(H,32,33)(H2,25,27,28)/t15-,16-,18-,24+,38-/m0/s1. The Bertz CT molecular complexity index is 1390. The number of nitrogens with zero attached hydrogens (tertiary/aromatic N) is 4. The van der Waals surface area contributed by atoms with Gasteiger partial charge in [-0.25, -0.2) is 9.55 Å². The minimum Gasteiger partial charge on any atom is -0.480 e. The molecule has 1 aliphatic rings. The van der Waals surface area contributed by atoms with Crippen LogP contribution in [0.5, 0.6) is 11.6 Å². The number of rotatable bonds is 11. The van der Waals surface area contributed by atoms with E-state index in [4.69, 9.17) is 25.9 Å². The molecule has 13 nitrogen and oxygen atoms in total. The quantitative estimate of drug-likeness (QED) is 0.204. The molecule has 1 aromatic carbocycles. The summed E-state index contributed by atoms with van der Waals surface area (Å²) in [5.74, 6) is 1.81. The Kier molecular flexibility index (Phi) is 7.89. The number of aliphatic hydroxyl groups excluding tert-OH is 1. The van der Waals surface area contributed by atoms with E-state index >= 15 is 0 Å². The molecular weight excluding hydrogens is 515 g/mol. The Hall–Kier alpha value is -3.69. The van der Waals surface area contributed by atoms with Crippen molar-refractivity contribution in [1.82, 2.24) is 24.6 Å². The number of nitrogens with two attached hydrogens (primary N) is 1. The highest BCUT2D eigenvalue weighted by atomic mass is 31.2. The van der Waals surface area contributed by atoms with Crippen molar-refractivity contribution in [2.45, 2.75) is 44.9 Å². The fourth-order valence-electron chi connectivity index (χ4n) is 4.30. The summed E-state index contributed by atoms with van der Waals surface area (Å²) in [6.07, 6.45) is 6.81. The van der Waals surface area contributed by atoms with E-state index in [9.17, 15) is 19.6 Å². The highest BCUT2D eigenvalue weighted by Gasteiger charge is 2.49. The second-order valence-corrected chi connectivity index (χ2v) is 10.6. The summed E-state index contributed by atoms with van der Waals surface area (Å²) in [6.45, 7) is 3.09. The maximum atomic E-state index is 13.6.